The normalized spacial score (nSPS) is 13.6. The smallest absolute Gasteiger partial charge is 0.228 e. The van der Waals surface area contributed by atoms with E-state index >= 15 is 0 Å². The lowest BCUT2D eigenvalue weighted by Gasteiger charge is -2.11. The molecule has 0 aliphatic rings. The Morgan fingerprint density at radius 1 is 1.53 bits per heavy atom. The quantitative estimate of drug-likeness (QED) is 0.878. The molecule has 0 aromatic carbocycles. The van der Waals surface area contributed by atoms with Crippen LogP contribution in [0.3, 0.4) is 0 Å². The number of halogens is 2. The van der Waals surface area contributed by atoms with Gasteiger partial charge in [0, 0.05) is 17.5 Å². The third kappa shape index (κ3) is 5.73. The maximum absolute atomic E-state index is 11.7. The molecule has 1 amide bonds. The van der Waals surface area contributed by atoms with Crippen LogP contribution in [0.15, 0.2) is 12.1 Å². The van der Waals surface area contributed by atoms with Gasteiger partial charge in [0.25, 0.3) is 0 Å². The molecule has 0 bridgehead atoms. The molecule has 2 unspecified atom stereocenters. The zero-order valence-corrected chi connectivity index (χ0v) is 12.3. The van der Waals surface area contributed by atoms with Crippen LogP contribution in [0.4, 0.5) is 0 Å². The first-order chi connectivity index (χ1) is 7.50. The van der Waals surface area contributed by atoms with E-state index in [0.717, 1.165) is 11.3 Å². The maximum Gasteiger partial charge on any atom is 0.228 e. The standard InChI is InChI=1S/C11H17ClN2OS.ClH/c1-7(13)5-6-14-11(15)8(2)9-3-4-10(12)16-9;/h3-4,7-8H,5-6,13H2,1-2H3,(H,14,15);1H. The van der Waals surface area contributed by atoms with Gasteiger partial charge < -0.3 is 11.1 Å². The van der Waals surface area contributed by atoms with Crippen LogP contribution in [-0.4, -0.2) is 18.5 Å². The number of carbonyl (C=O) groups excluding carboxylic acids is 1. The van der Waals surface area contributed by atoms with Crippen molar-refractivity contribution < 1.29 is 4.79 Å². The van der Waals surface area contributed by atoms with Gasteiger partial charge in [-0.25, -0.2) is 0 Å². The predicted octanol–water partition coefficient (Wildman–Crippen LogP) is 2.78. The van der Waals surface area contributed by atoms with Crippen molar-refractivity contribution in [3.63, 3.8) is 0 Å². The molecule has 0 fully saturated rings. The summed E-state index contributed by atoms with van der Waals surface area (Å²) < 4.78 is 0.713. The topological polar surface area (TPSA) is 55.1 Å². The van der Waals surface area contributed by atoms with Crippen molar-refractivity contribution in [1.82, 2.24) is 5.32 Å². The van der Waals surface area contributed by atoms with Gasteiger partial charge in [-0.2, -0.15) is 0 Å². The van der Waals surface area contributed by atoms with Gasteiger partial charge in [0.15, 0.2) is 0 Å². The number of amides is 1. The summed E-state index contributed by atoms with van der Waals surface area (Å²) in [6, 6.07) is 3.82. The second-order valence-electron chi connectivity index (χ2n) is 3.92. The van der Waals surface area contributed by atoms with Crippen molar-refractivity contribution in [2.75, 3.05) is 6.54 Å². The Kier molecular flexibility index (Phi) is 7.79. The second-order valence-corrected chi connectivity index (χ2v) is 5.67. The van der Waals surface area contributed by atoms with Crippen LogP contribution in [-0.2, 0) is 4.79 Å². The molecular formula is C11H18Cl2N2OS. The van der Waals surface area contributed by atoms with Crippen LogP contribution in [0.25, 0.3) is 0 Å². The van der Waals surface area contributed by atoms with Crippen LogP contribution in [0.5, 0.6) is 0 Å². The van der Waals surface area contributed by atoms with Gasteiger partial charge >= 0.3 is 0 Å². The molecule has 2 atom stereocenters. The van der Waals surface area contributed by atoms with E-state index in [2.05, 4.69) is 5.32 Å². The van der Waals surface area contributed by atoms with E-state index in [-0.39, 0.29) is 30.3 Å². The molecule has 0 saturated heterocycles. The van der Waals surface area contributed by atoms with Crippen molar-refractivity contribution in [2.45, 2.75) is 32.2 Å². The Balaban J connectivity index is 0.00000256. The Hall–Kier alpha value is -0.290. The molecule has 0 saturated carbocycles. The highest BCUT2D eigenvalue weighted by Crippen LogP contribution is 2.27. The molecular weight excluding hydrogens is 279 g/mol. The van der Waals surface area contributed by atoms with Gasteiger partial charge in [0.1, 0.15) is 0 Å². The van der Waals surface area contributed by atoms with E-state index in [1.807, 2.05) is 26.0 Å². The molecule has 0 spiro atoms. The molecule has 98 valence electrons. The Morgan fingerprint density at radius 2 is 2.18 bits per heavy atom. The third-order valence-electron chi connectivity index (χ3n) is 2.31. The molecule has 1 aromatic rings. The zero-order valence-electron chi connectivity index (χ0n) is 9.90. The summed E-state index contributed by atoms with van der Waals surface area (Å²) in [7, 11) is 0. The highest BCUT2D eigenvalue weighted by atomic mass is 35.5. The van der Waals surface area contributed by atoms with Crippen molar-refractivity contribution in [1.29, 1.82) is 0 Å². The molecule has 1 rings (SSSR count). The van der Waals surface area contributed by atoms with E-state index < -0.39 is 0 Å². The molecule has 3 N–H and O–H groups in total. The minimum atomic E-state index is -0.148. The monoisotopic (exact) mass is 296 g/mol. The lowest BCUT2D eigenvalue weighted by molar-refractivity contribution is -0.122. The summed E-state index contributed by atoms with van der Waals surface area (Å²) in [5.74, 6) is -0.121. The largest absolute Gasteiger partial charge is 0.355 e. The average Bonchev–Trinajstić information content (AvgIpc) is 2.63. The molecule has 1 aromatic heterocycles. The van der Waals surface area contributed by atoms with Crippen LogP contribution < -0.4 is 11.1 Å². The van der Waals surface area contributed by atoms with Crippen LogP contribution >= 0.6 is 35.3 Å². The van der Waals surface area contributed by atoms with Crippen molar-refractivity contribution in [3.05, 3.63) is 21.3 Å². The first-order valence-corrected chi connectivity index (χ1v) is 6.48. The van der Waals surface area contributed by atoms with Gasteiger partial charge in [-0.3, -0.25) is 4.79 Å². The fraction of sp³-hybridized carbons (Fsp3) is 0.545. The highest BCUT2D eigenvalue weighted by Gasteiger charge is 2.16. The lowest BCUT2D eigenvalue weighted by Crippen LogP contribution is -2.31. The van der Waals surface area contributed by atoms with Gasteiger partial charge in [-0.05, 0) is 32.4 Å². The summed E-state index contributed by atoms with van der Waals surface area (Å²) in [5, 5.41) is 2.87. The van der Waals surface area contributed by atoms with E-state index in [1.54, 1.807) is 0 Å². The minimum Gasteiger partial charge on any atom is -0.355 e. The first kappa shape index (κ1) is 16.7. The zero-order chi connectivity index (χ0) is 12.1. The molecule has 0 radical (unpaired) electrons. The number of carbonyl (C=O) groups is 1. The van der Waals surface area contributed by atoms with Crippen molar-refractivity contribution in [3.8, 4) is 0 Å². The molecule has 0 aliphatic heterocycles. The van der Waals surface area contributed by atoms with Crippen LogP contribution in [0, 0.1) is 0 Å². The highest BCUT2D eigenvalue weighted by molar-refractivity contribution is 7.16. The second kappa shape index (κ2) is 7.93. The fourth-order valence-electron chi connectivity index (χ4n) is 1.27. The van der Waals surface area contributed by atoms with Crippen molar-refractivity contribution >= 4 is 41.3 Å². The van der Waals surface area contributed by atoms with E-state index in [1.165, 1.54) is 11.3 Å². The van der Waals surface area contributed by atoms with Gasteiger partial charge in [-0.1, -0.05) is 11.6 Å². The lowest BCUT2D eigenvalue weighted by atomic mass is 10.1. The summed E-state index contributed by atoms with van der Waals surface area (Å²) in [6.45, 7) is 4.43. The predicted molar refractivity (Wildman–Crippen MR) is 76.3 cm³/mol. The summed E-state index contributed by atoms with van der Waals surface area (Å²) in [6.07, 6.45) is 0.795. The maximum atomic E-state index is 11.7. The molecule has 17 heavy (non-hydrogen) atoms. The fourth-order valence-corrected chi connectivity index (χ4v) is 2.38. The number of rotatable bonds is 5. The van der Waals surface area contributed by atoms with Crippen LogP contribution in [0.2, 0.25) is 4.34 Å². The number of nitrogens with one attached hydrogen (secondary N) is 1. The summed E-state index contributed by atoms with van der Waals surface area (Å²) in [4.78, 5) is 12.7. The SMILES string of the molecule is CC(N)CCNC(=O)C(C)c1ccc(Cl)s1.Cl. The Bertz CT molecular complexity index is 355. The third-order valence-corrected chi connectivity index (χ3v) is 3.73. The van der Waals surface area contributed by atoms with Gasteiger partial charge in [-0.15, -0.1) is 23.7 Å². The molecule has 0 aliphatic carbocycles. The van der Waals surface area contributed by atoms with Crippen LogP contribution in [0.1, 0.15) is 31.1 Å². The molecule has 6 heteroatoms. The number of hydrogen-bond donors (Lipinski definition) is 2. The number of thiophene rings is 1. The van der Waals surface area contributed by atoms with E-state index in [0.29, 0.717) is 10.9 Å². The minimum absolute atomic E-state index is 0. The first-order valence-electron chi connectivity index (χ1n) is 5.29. The average molecular weight is 297 g/mol. The summed E-state index contributed by atoms with van der Waals surface area (Å²) >= 11 is 7.27. The van der Waals surface area contributed by atoms with E-state index in [4.69, 9.17) is 17.3 Å². The van der Waals surface area contributed by atoms with Crippen molar-refractivity contribution in [2.24, 2.45) is 5.73 Å². The summed E-state index contributed by atoms with van der Waals surface area (Å²) in [5.41, 5.74) is 5.60. The Morgan fingerprint density at radius 3 is 2.65 bits per heavy atom. The van der Waals surface area contributed by atoms with E-state index in [9.17, 15) is 4.79 Å². The number of nitrogens with two attached hydrogens (primary N) is 1. The molecule has 3 nitrogen and oxygen atoms in total. The molecule has 1 heterocycles. The van der Waals surface area contributed by atoms with Gasteiger partial charge in [0.05, 0.1) is 10.3 Å². The number of hydrogen-bond acceptors (Lipinski definition) is 3. The Labute approximate surface area is 117 Å². The van der Waals surface area contributed by atoms with Gasteiger partial charge in [0.2, 0.25) is 5.91 Å².